The number of hydrogen-bond donors (Lipinski definition) is 1. The van der Waals surface area contributed by atoms with Gasteiger partial charge in [0.05, 0.1) is 10.6 Å². The van der Waals surface area contributed by atoms with Crippen molar-refractivity contribution in [3.63, 3.8) is 0 Å². The molecule has 5 nitrogen and oxygen atoms in total. The van der Waals surface area contributed by atoms with Crippen LogP contribution in [-0.2, 0) is 23.0 Å². The minimum atomic E-state index is -3.56. The topological polar surface area (TPSA) is 58.6 Å². The third-order valence-electron chi connectivity index (χ3n) is 4.98. The monoisotopic (exact) mass is 408 g/mol. The molecule has 0 atom stereocenters. The highest BCUT2D eigenvalue weighted by atomic mass is 32.2. The second-order valence-electron chi connectivity index (χ2n) is 6.90. The molecule has 29 heavy (non-hydrogen) atoms. The molecule has 1 aliphatic heterocycles. The maximum atomic E-state index is 13.0. The summed E-state index contributed by atoms with van der Waals surface area (Å²) in [4.78, 5) is 0.310. The predicted molar refractivity (Wildman–Crippen MR) is 115 cm³/mol. The van der Waals surface area contributed by atoms with E-state index in [9.17, 15) is 8.42 Å². The molecule has 1 N–H and O–H groups in total. The molecule has 150 valence electrons. The van der Waals surface area contributed by atoms with E-state index in [4.69, 9.17) is 4.74 Å². The molecule has 0 radical (unpaired) electrons. The fourth-order valence-electron chi connectivity index (χ4n) is 3.54. The first-order valence-electron chi connectivity index (χ1n) is 9.73. The molecule has 0 unspecified atom stereocenters. The third-order valence-corrected chi connectivity index (χ3v) is 6.81. The zero-order chi connectivity index (χ0) is 20.1. The van der Waals surface area contributed by atoms with Gasteiger partial charge in [0.2, 0.25) is 0 Å². The van der Waals surface area contributed by atoms with E-state index in [1.807, 2.05) is 42.5 Å². The van der Waals surface area contributed by atoms with Gasteiger partial charge in [-0.2, -0.15) is 0 Å². The average molecular weight is 409 g/mol. The Bertz CT molecular complexity index is 1050. The normalized spacial score (nSPS) is 13.3. The van der Waals surface area contributed by atoms with Gasteiger partial charge in [-0.15, -0.1) is 0 Å². The highest BCUT2D eigenvalue weighted by molar-refractivity contribution is 7.92. The van der Waals surface area contributed by atoms with Crippen LogP contribution < -0.4 is 14.4 Å². The molecule has 0 amide bonds. The van der Waals surface area contributed by atoms with Crippen molar-refractivity contribution < 1.29 is 13.2 Å². The van der Waals surface area contributed by atoms with Crippen molar-refractivity contribution >= 4 is 15.7 Å². The van der Waals surface area contributed by atoms with E-state index in [0.29, 0.717) is 36.7 Å². The zero-order valence-corrected chi connectivity index (χ0v) is 16.9. The second kappa shape index (κ2) is 8.68. The maximum absolute atomic E-state index is 13.0. The molecule has 0 saturated carbocycles. The van der Waals surface area contributed by atoms with Crippen molar-refractivity contribution in [3.8, 4) is 5.75 Å². The third kappa shape index (κ3) is 4.28. The van der Waals surface area contributed by atoms with Crippen molar-refractivity contribution in [1.29, 1.82) is 0 Å². The van der Waals surface area contributed by atoms with Crippen LogP contribution in [0.2, 0.25) is 0 Å². The van der Waals surface area contributed by atoms with Crippen LogP contribution in [0.5, 0.6) is 5.75 Å². The Morgan fingerprint density at radius 3 is 2.38 bits per heavy atom. The van der Waals surface area contributed by atoms with E-state index < -0.39 is 10.0 Å². The minimum absolute atomic E-state index is 0.310. The predicted octanol–water partition coefficient (Wildman–Crippen LogP) is 3.61. The van der Waals surface area contributed by atoms with Crippen molar-refractivity contribution in [1.82, 2.24) is 5.32 Å². The highest BCUT2D eigenvalue weighted by Gasteiger charge is 2.32. The van der Waals surface area contributed by atoms with Gasteiger partial charge in [0.15, 0.2) is 0 Å². The average Bonchev–Trinajstić information content (AvgIpc) is 3.21. The minimum Gasteiger partial charge on any atom is -0.492 e. The summed E-state index contributed by atoms with van der Waals surface area (Å²) >= 11 is 0. The lowest BCUT2D eigenvalue weighted by Gasteiger charge is -2.20. The zero-order valence-electron chi connectivity index (χ0n) is 16.1. The summed E-state index contributed by atoms with van der Waals surface area (Å²) in [6, 6.07) is 24.4. The van der Waals surface area contributed by atoms with Crippen LogP contribution in [0.3, 0.4) is 0 Å². The molecule has 3 aromatic carbocycles. The quantitative estimate of drug-likeness (QED) is 0.579. The molecule has 1 aliphatic rings. The Morgan fingerprint density at radius 1 is 0.897 bits per heavy atom. The molecule has 0 bridgehead atoms. The van der Waals surface area contributed by atoms with Gasteiger partial charge < -0.3 is 10.1 Å². The Labute approximate surface area is 172 Å². The summed E-state index contributed by atoms with van der Waals surface area (Å²) in [5, 5.41) is 3.36. The molecule has 6 heteroatoms. The second-order valence-corrected chi connectivity index (χ2v) is 8.77. The van der Waals surface area contributed by atoms with E-state index in [1.165, 1.54) is 9.87 Å². The molecule has 0 aliphatic carbocycles. The number of nitrogens with zero attached hydrogens (tertiary/aromatic N) is 1. The van der Waals surface area contributed by atoms with Gasteiger partial charge in [-0.05, 0) is 36.2 Å². The van der Waals surface area contributed by atoms with Crippen LogP contribution in [0.4, 0.5) is 5.69 Å². The van der Waals surface area contributed by atoms with E-state index in [0.717, 1.165) is 17.9 Å². The highest BCUT2D eigenvalue weighted by Crippen LogP contribution is 2.38. The van der Waals surface area contributed by atoms with Gasteiger partial charge in [-0.25, -0.2) is 8.42 Å². The van der Waals surface area contributed by atoms with E-state index >= 15 is 0 Å². The number of benzene rings is 3. The molecule has 0 aromatic heterocycles. The van der Waals surface area contributed by atoms with E-state index in [1.54, 1.807) is 24.3 Å². The number of fused-ring (bicyclic) bond motifs is 1. The summed E-state index contributed by atoms with van der Waals surface area (Å²) in [7, 11) is -3.56. The first kappa shape index (κ1) is 19.5. The number of sulfonamides is 1. The van der Waals surface area contributed by atoms with Crippen LogP contribution in [0.1, 0.15) is 11.1 Å². The maximum Gasteiger partial charge on any atom is 0.264 e. The Morgan fingerprint density at radius 2 is 1.62 bits per heavy atom. The summed E-state index contributed by atoms with van der Waals surface area (Å²) < 4.78 is 33.5. The van der Waals surface area contributed by atoms with Crippen LogP contribution in [-0.4, -0.2) is 28.1 Å². The molecule has 3 aromatic rings. The Kier molecular flexibility index (Phi) is 5.83. The molecular formula is C23H24N2O3S. The molecule has 1 heterocycles. The number of ether oxygens (including phenoxy) is 1. The Hall–Kier alpha value is -2.83. The first-order chi connectivity index (χ1) is 14.2. The van der Waals surface area contributed by atoms with E-state index in [-0.39, 0.29) is 0 Å². The lowest BCUT2D eigenvalue weighted by atomic mass is 10.1. The number of anilines is 1. The lowest BCUT2D eigenvalue weighted by molar-refractivity contribution is 0.311. The standard InChI is InChI=1S/C23H24N2O3S/c26-29(27,20-10-5-2-6-11-20)25-16-14-21-22(25)12-7-13-23(21)28-17-15-24-18-19-8-3-1-4-9-19/h1-13,24H,14-18H2. The number of rotatable bonds is 8. The number of nitrogens with one attached hydrogen (secondary N) is 1. The summed E-state index contributed by atoms with van der Waals surface area (Å²) in [6.07, 6.45) is 0.648. The summed E-state index contributed by atoms with van der Waals surface area (Å²) in [5.41, 5.74) is 2.90. The molecule has 0 fully saturated rings. The molecule has 0 saturated heterocycles. The van der Waals surface area contributed by atoms with Crippen LogP contribution in [0.25, 0.3) is 0 Å². The smallest absolute Gasteiger partial charge is 0.264 e. The fourth-order valence-corrected chi connectivity index (χ4v) is 5.06. The van der Waals surface area contributed by atoms with E-state index in [2.05, 4.69) is 17.4 Å². The van der Waals surface area contributed by atoms with Crippen LogP contribution in [0, 0.1) is 0 Å². The summed E-state index contributed by atoms with van der Waals surface area (Å²) in [5.74, 6) is 0.759. The summed E-state index contributed by atoms with van der Waals surface area (Å²) in [6.45, 7) is 2.46. The van der Waals surface area contributed by atoms with Crippen LogP contribution >= 0.6 is 0 Å². The van der Waals surface area contributed by atoms with Crippen molar-refractivity contribution in [2.75, 3.05) is 24.0 Å². The number of hydrogen-bond acceptors (Lipinski definition) is 4. The van der Waals surface area contributed by atoms with Crippen LogP contribution in [0.15, 0.2) is 83.8 Å². The van der Waals surface area contributed by atoms with Gasteiger partial charge in [-0.1, -0.05) is 54.6 Å². The molecular weight excluding hydrogens is 384 g/mol. The van der Waals surface area contributed by atoms with Crippen molar-refractivity contribution in [3.05, 3.63) is 90.0 Å². The lowest BCUT2D eigenvalue weighted by Crippen LogP contribution is -2.29. The first-order valence-corrected chi connectivity index (χ1v) is 11.2. The van der Waals surface area contributed by atoms with Gasteiger partial charge in [0.25, 0.3) is 10.0 Å². The van der Waals surface area contributed by atoms with Gasteiger partial charge in [0.1, 0.15) is 12.4 Å². The van der Waals surface area contributed by atoms with Crippen molar-refractivity contribution in [2.45, 2.75) is 17.9 Å². The molecule has 0 spiro atoms. The SMILES string of the molecule is O=S(=O)(c1ccccc1)N1CCc2c(OCCNCc3ccccc3)cccc21. The molecule has 4 rings (SSSR count). The Balaban J connectivity index is 1.40. The van der Waals surface area contributed by atoms with Gasteiger partial charge in [-0.3, -0.25) is 4.31 Å². The fraction of sp³-hybridized carbons (Fsp3) is 0.217. The van der Waals surface area contributed by atoms with Gasteiger partial charge >= 0.3 is 0 Å². The van der Waals surface area contributed by atoms with Crippen molar-refractivity contribution in [2.24, 2.45) is 0 Å². The van der Waals surface area contributed by atoms with Gasteiger partial charge in [0, 0.05) is 25.2 Å². The largest absolute Gasteiger partial charge is 0.492 e.